The predicted molar refractivity (Wildman–Crippen MR) is 216 cm³/mol. The maximum Gasteiger partial charge on any atom is 0.239 e. The summed E-state index contributed by atoms with van der Waals surface area (Å²) < 4.78 is 20.0. The van der Waals surface area contributed by atoms with Gasteiger partial charge in [-0.2, -0.15) is 0 Å². The minimum atomic E-state index is -1.27. The van der Waals surface area contributed by atoms with Crippen LogP contribution in [0.4, 0.5) is 0 Å². The number of hydrogen-bond acceptors (Lipinski definition) is 9. The molecule has 2 fully saturated rings. The maximum atomic E-state index is 14.2. The fourth-order valence-electron chi connectivity index (χ4n) is 9.59. The van der Waals surface area contributed by atoms with Crippen molar-refractivity contribution in [1.29, 1.82) is 0 Å². The van der Waals surface area contributed by atoms with Crippen molar-refractivity contribution < 1.29 is 39.2 Å². The predicted octanol–water partition coefficient (Wildman–Crippen LogP) is 8.93. The molecule has 1 aromatic rings. The van der Waals surface area contributed by atoms with E-state index in [1.807, 2.05) is 24.1 Å². The molecule has 0 aromatic heterocycles. The first-order valence-corrected chi connectivity index (χ1v) is 21.7. The number of carbonyl (C=O) groups is 1. The zero-order chi connectivity index (χ0) is 39.0. The lowest BCUT2D eigenvalue weighted by Crippen LogP contribution is -2.69. The number of aliphatic hydroxyl groups excluding tert-OH is 2. The van der Waals surface area contributed by atoms with Crippen molar-refractivity contribution in [1.82, 2.24) is 4.90 Å². The average Bonchev–Trinajstić information content (AvgIpc) is 3.20. The van der Waals surface area contributed by atoms with Crippen molar-refractivity contribution in [3.05, 3.63) is 48.1 Å². The molecule has 7 atom stereocenters. The van der Waals surface area contributed by atoms with Crippen LogP contribution in [0.5, 0.6) is 11.5 Å². The number of aromatic hydroxyl groups is 1. The van der Waals surface area contributed by atoms with Gasteiger partial charge in [-0.25, -0.2) is 0 Å². The quantitative estimate of drug-likeness (QED) is 0.0541. The summed E-state index contributed by atoms with van der Waals surface area (Å²) in [5.74, 6) is -0.718. The summed E-state index contributed by atoms with van der Waals surface area (Å²) in [7, 11) is 1.88. The molecule has 3 N–H and O–H groups in total. The van der Waals surface area contributed by atoms with E-state index in [1.54, 1.807) is 12.1 Å². The van der Waals surface area contributed by atoms with Crippen LogP contribution in [0, 0.1) is 17.8 Å². The molecule has 1 amide bonds. The van der Waals surface area contributed by atoms with E-state index in [1.165, 1.54) is 38.5 Å². The van der Waals surface area contributed by atoms with Crippen molar-refractivity contribution >= 4 is 11.6 Å². The average molecular weight is 767 g/mol. The van der Waals surface area contributed by atoms with Crippen molar-refractivity contribution in [3.63, 3.8) is 0 Å². The molecule has 5 rings (SSSR count). The highest BCUT2D eigenvalue weighted by atomic mass is 16.8. The molecule has 10 heteroatoms. The minimum Gasteiger partial charge on any atom is -0.508 e. The van der Waals surface area contributed by atoms with E-state index in [9.17, 15) is 20.1 Å². The molecule has 308 valence electrons. The number of nitrogens with zero attached hydrogens (tertiary/aromatic N) is 2. The number of amides is 1. The molecular weight excluding hydrogens is 697 g/mol. The van der Waals surface area contributed by atoms with Crippen LogP contribution in [0.15, 0.2) is 47.7 Å². The lowest BCUT2D eigenvalue weighted by atomic mass is 9.55. The van der Waals surface area contributed by atoms with Gasteiger partial charge in [0.25, 0.3) is 0 Å². The van der Waals surface area contributed by atoms with Gasteiger partial charge < -0.3 is 39.3 Å². The Hall–Kier alpha value is -2.92. The Bertz CT molecular complexity index is 1410. The number of aliphatic hydroxyl groups is 2. The summed E-state index contributed by atoms with van der Waals surface area (Å²) in [5.41, 5.74) is 2.67. The van der Waals surface area contributed by atoms with Gasteiger partial charge in [0.15, 0.2) is 0 Å². The Labute approximate surface area is 330 Å². The number of ether oxygens (including phenoxy) is 3. The molecule has 1 aromatic carbocycles. The maximum absolute atomic E-state index is 14.2. The number of carbonyl (C=O) groups excluding carboxylic acids is 1. The highest BCUT2D eigenvalue weighted by Gasteiger charge is 2.65. The van der Waals surface area contributed by atoms with Gasteiger partial charge >= 0.3 is 0 Å². The topological polar surface area (TPSA) is 130 Å². The number of phenols is 1. The smallest absolute Gasteiger partial charge is 0.239 e. The number of benzene rings is 1. The van der Waals surface area contributed by atoms with Crippen molar-refractivity contribution in [3.8, 4) is 11.5 Å². The fraction of sp³-hybridized carbons (Fsp3) is 0.733. The number of phenolic OH excluding ortho intramolecular Hbond substituents is 1. The molecule has 10 nitrogen and oxygen atoms in total. The second kappa shape index (κ2) is 22.1. The summed E-state index contributed by atoms with van der Waals surface area (Å²) >= 11 is 0. The summed E-state index contributed by atoms with van der Waals surface area (Å²) in [6.45, 7) is 7.35. The largest absolute Gasteiger partial charge is 0.508 e. The van der Waals surface area contributed by atoms with Gasteiger partial charge in [0, 0.05) is 51.0 Å². The summed E-state index contributed by atoms with van der Waals surface area (Å²) in [6.07, 6.45) is 22.6. The fourth-order valence-corrected chi connectivity index (χ4v) is 9.59. The van der Waals surface area contributed by atoms with Crippen LogP contribution in [-0.2, 0) is 19.1 Å². The van der Waals surface area contributed by atoms with Gasteiger partial charge in [0.1, 0.15) is 17.5 Å². The van der Waals surface area contributed by atoms with Crippen LogP contribution in [-0.4, -0.2) is 83.4 Å². The monoisotopic (exact) mass is 767 g/mol. The van der Waals surface area contributed by atoms with E-state index in [2.05, 4.69) is 19.6 Å². The molecule has 2 aliphatic carbocycles. The highest BCUT2D eigenvalue weighted by molar-refractivity contribution is 6.03. The van der Waals surface area contributed by atoms with Crippen LogP contribution in [0.3, 0.4) is 0 Å². The van der Waals surface area contributed by atoms with Gasteiger partial charge in [-0.1, -0.05) is 88.4 Å². The Morgan fingerprint density at radius 2 is 1.73 bits per heavy atom. The number of oxime groups is 1. The van der Waals surface area contributed by atoms with E-state index in [-0.39, 0.29) is 55.1 Å². The van der Waals surface area contributed by atoms with Gasteiger partial charge in [0.2, 0.25) is 18.0 Å². The summed E-state index contributed by atoms with van der Waals surface area (Å²) in [6, 6.07) is 4.78. The van der Waals surface area contributed by atoms with Crippen molar-refractivity contribution in [2.45, 2.75) is 159 Å². The first-order chi connectivity index (χ1) is 26.9. The molecule has 7 unspecified atom stereocenters. The molecule has 1 saturated heterocycles. The molecule has 0 spiro atoms. The van der Waals surface area contributed by atoms with Crippen molar-refractivity contribution in [2.75, 3.05) is 33.5 Å². The molecule has 2 heterocycles. The molecule has 0 radical (unpaired) electrons. The number of hydrogen-bond donors (Lipinski definition) is 3. The third-order valence-electron chi connectivity index (χ3n) is 12.4. The third kappa shape index (κ3) is 10.9. The molecular formula is C45H70N2O8. The highest BCUT2D eigenvalue weighted by Crippen LogP contribution is 2.61. The second-order valence-corrected chi connectivity index (χ2v) is 16.3. The lowest BCUT2D eigenvalue weighted by Gasteiger charge is -2.59. The number of unbranched alkanes of at least 4 members (excludes halogenated alkanes) is 10. The third-order valence-corrected chi connectivity index (χ3v) is 12.4. The van der Waals surface area contributed by atoms with E-state index >= 15 is 0 Å². The molecule has 1 saturated carbocycles. The Balaban J connectivity index is 1.54. The number of rotatable bonds is 24. The van der Waals surface area contributed by atoms with Crippen LogP contribution in [0.25, 0.3) is 0 Å². The number of fused-ring (bicyclic) bond motifs is 2. The molecule has 55 heavy (non-hydrogen) atoms. The SMILES string of the molecule is C=CCOC12Oc3ccc(O)cc3C3C(CCCCO)C(CCCCO)C=C(C(=NOC4CCCCO4)CC1N(C)C(=O)CCCCCCCCCCC)C32. The first-order valence-electron chi connectivity index (χ1n) is 21.7. The Morgan fingerprint density at radius 3 is 2.42 bits per heavy atom. The van der Waals surface area contributed by atoms with Crippen LogP contribution in [0.2, 0.25) is 0 Å². The normalized spacial score (nSPS) is 27.8. The van der Waals surface area contributed by atoms with E-state index < -0.39 is 18.1 Å². The molecule has 0 bridgehead atoms. The standard InChI is InChI=1S/C45H70N2O8/c1-4-6-7-8-9-10-11-12-13-22-41(51)47(3)40-32-38(46-55-42-23-16-19-29-52-42)36-30-33(20-14-17-26-48)35(21-15-18-27-49)43-37-31-34(50)24-25-39(37)54-45(40,44(36)43)53-28-5-2/h5,24-25,30-31,33,35,40,42-44,48-50H,2,4,6-23,26-29,32H2,1,3H3. The van der Waals surface area contributed by atoms with E-state index in [0.29, 0.717) is 38.0 Å². The van der Waals surface area contributed by atoms with Gasteiger partial charge in [-0.3, -0.25) is 4.79 Å². The molecule has 2 aliphatic heterocycles. The van der Waals surface area contributed by atoms with Crippen molar-refractivity contribution in [2.24, 2.45) is 22.9 Å². The molecule has 4 aliphatic rings. The summed E-state index contributed by atoms with van der Waals surface area (Å²) in [5, 5.41) is 35.4. The zero-order valence-corrected chi connectivity index (χ0v) is 33.8. The lowest BCUT2D eigenvalue weighted by molar-refractivity contribution is -0.256. The van der Waals surface area contributed by atoms with Gasteiger partial charge in [0.05, 0.1) is 24.8 Å². The van der Waals surface area contributed by atoms with Gasteiger partial charge in [-0.15, -0.1) is 6.58 Å². The summed E-state index contributed by atoms with van der Waals surface area (Å²) in [4.78, 5) is 22.3. The number of likely N-dealkylation sites (N-methyl/N-ethyl adjacent to an activating group) is 1. The number of allylic oxidation sites excluding steroid dienone is 1. The zero-order valence-electron chi connectivity index (χ0n) is 33.8. The Morgan fingerprint density at radius 1 is 1.00 bits per heavy atom. The Kier molecular flexibility index (Phi) is 17.4. The first kappa shape index (κ1) is 43.2. The van der Waals surface area contributed by atoms with Crippen LogP contribution >= 0.6 is 0 Å². The van der Waals surface area contributed by atoms with E-state index in [4.69, 9.17) is 24.2 Å². The van der Waals surface area contributed by atoms with Crippen LogP contribution in [0.1, 0.15) is 147 Å². The minimum absolute atomic E-state index is 0.0478. The van der Waals surface area contributed by atoms with E-state index in [0.717, 1.165) is 81.1 Å². The van der Waals surface area contributed by atoms with Gasteiger partial charge in [-0.05, 0) is 80.6 Å². The van der Waals surface area contributed by atoms with Crippen LogP contribution < -0.4 is 4.74 Å². The second-order valence-electron chi connectivity index (χ2n) is 16.3.